The number of amides is 1. The lowest BCUT2D eigenvalue weighted by molar-refractivity contribution is -0.126. The quantitative estimate of drug-likeness (QED) is 0.897. The lowest BCUT2D eigenvalue weighted by Crippen LogP contribution is -2.37. The number of nitrogen functional groups attached to an aromatic ring is 1. The van der Waals surface area contributed by atoms with E-state index in [1.54, 1.807) is 19.3 Å². The summed E-state index contributed by atoms with van der Waals surface area (Å²) in [6, 6.07) is 1.64. The Kier molecular flexibility index (Phi) is 3.68. The van der Waals surface area contributed by atoms with Crippen LogP contribution < -0.4 is 10.6 Å². The van der Waals surface area contributed by atoms with E-state index in [0.717, 1.165) is 0 Å². The number of pyridine rings is 1. The van der Waals surface area contributed by atoms with Gasteiger partial charge >= 0.3 is 0 Å². The number of halogens is 2. The van der Waals surface area contributed by atoms with Crippen molar-refractivity contribution in [2.24, 2.45) is 5.92 Å². The molecule has 2 rings (SSSR count). The standard InChI is InChI=1S/C13H17F2N3O/c1-18(11-4-7-17-8-10(11)16)12(19)9-2-5-13(14,15)6-3-9/h4,7-9H,2-3,5-6,16H2,1H3. The van der Waals surface area contributed by atoms with Gasteiger partial charge in [-0.1, -0.05) is 0 Å². The summed E-state index contributed by atoms with van der Waals surface area (Å²) in [5, 5.41) is 0. The Bertz CT molecular complexity index is 469. The van der Waals surface area contributed by atoms with Crippen LogP contribution in [0.3, 0.4) is 0 Å². The maximum atomic E-state index is 13.1. The average Bonchev–Trinajstić information content (AvgIpc) is 2.38. The molecule has 19 heavy (non-hydrogen) atoms. The van der Waals surface area contributed by atoms with Crippen molar-refractivity contribution < 1.29 is 13.6 Å². The molecule has 0 bridgehead atoms. The van der Waals surface area contributed by atoms with E-state index in [-0.39, 0.29) is 37.5 Å². The highest BCUT2D eigenvalue weighted by Crippen LogP contribution is 2.37. The van der Waals surface area contributed by atoms with E-state index in [9.17, 15) is 13.6 Å². The summed E-state index contributed by atoms with van der Waals surface area (Å²) in [5.41, 5.74) is 6.72. The Hall–Kier alpha value is -1.72. The first-order valence-corrected chi connectivity index (χ1v) is 6.25. The number of rotatable bonds is 2. The lowest BCUT2D eigenvalue weighted by atomic mass is 9.86. The van der Waals surface area contributed by atoms with Crippen molar-refractivity contribution in [2.45, 2.75) is 31.6 Å². The first-order valence-electron chi connectivity index (χ1n) is 6.25. The minimum absolute atomic E-state index is 0.159. The second-order valence-corrected chi connectivity index (χ2v) is 4.96. The zero-order valence-corrected chi connectivity index (χ0v) is 10.8. The molecule has 4 nitrogen and oxygen atoms in total. The monoisotopic (exact) mass is 269 g/mol. The lowest BCUT2D eigenvalue weighted by Gasteiger charge is -2.30. The third-order valence-electron chi connectivity index (χ3n) is 3.59. The fourth-order valence-electron chi connectivity index (χ4n) is 2.38. The molecule has 1 fully saturated rings. The minimum atomic E-state index is -2.62. The molecule has 0 aromatic carbocycles. The highest BCUT2D eigenvalue weighted by Gasteiger charge is 2.38. The van der Waals surface area contributed by atoms with Crippen LogP contribution in [0.5, 0.6) is 0 Å². The van der Waals surface area contributed by atoms with Crippen molar-refractivity contribution in [3.63, 3.8) is 0 Å². The van der Waals surface area contributed by atoms with Gasteiger partial charge in [-0.15, -0.1) is 0 Å². The van der Waals surface area contributed by atoms with Crippen LogP contribution in [0.25, 0.3) is 0 Å². The number of aromatic nitrogens is 1. The fraction of sp³-hybridized carbons (Fsp3) is 0.538. The number of hydrogen-bond acceptors (Lipinski definition) is 3. The summed E-state index contributed by atoms with van der Waals surface area (Å²) in [6.45, 7) is 0. The van der Waals surface area contributed by atoms with Gasteiger partial charge in [0.25, 0.3) is 0 Å². The molecule has 0 saturated heterocycles. The highest BCUT2D eigenvalue weighted by atomic mass is 19.3. The minimum Gasteiger partial charge on any atom is -0.396 e. The van der Waals surface area contributed by atoms with Crippen molar-refractivity contribution in [1.82, 2.24) is 4.98 Å². The third kappa shape index (κ3) is 3.00. The molecule has 0 spiro atoms. The van der Waals surface area contributed by atoms with Gasteiger partial charge in [-0.3, -0.25) is 9.78 Å². The Labute approximate surface area is 110 Å². The van der Waals surface area contributed by atoms with E-state index in [2.05, 4.69) is 4.98 Å². The third-order valence-corrected chi connectivity index (χ3v) is 3.59. The number of carbonyl (C=O) groups excluding carboxylic acids is 1. The van der Waals surface area contributed by atoms with Crippen LogP contribution in [-0.4, -0.2) is 23.9 Å². The molecule has 104 valence electrons. The maximum Gasteiger partial charge on any atom is 0.248 e. The summed E-state index contributed by atoms with van der Waals surface area (Å²) in [7, 11) is 1.61. The molecule has 0 aliphatic heterocycles. The molecule has 1 aliphatic rings. The zero-order valence-electron chi connectivity index (χ0n) is 10.8. The molecular formula is C13H17F2N3O. The number of nitrogens with two attached hydrogens (primary N) is 1. The average molecular weight is 269 g/mol. The molecule has 1 aromatic heterocycles. The summed E-state index contributed by atoms with van der Waals surface area (Å²) >= 11 is 0. The highest BCUT2D eigenvalue weighted by molar-refractivity contribution is 5.97. The van der Waals surface area contributed by atoms with Gasteiger partial charge in [0, 0.05) is 32.0 Å². The summed E-state index contributed by atoms with van der Waals surface area (Å²) < 4.78 is 26.2. The topological polar surface area (TPSA) is 59.2 Å². The van der Waals surface area contributed by atoms with E-state index in [1.807, 2.05) is 0 Å². The normalized spacial score (nSPS) is 19.1. The van der Waals surface area contributed by atoms with Crippen molar-refractivity contribution >= 4 is 17.3 Å². The smallest absolute Gasteiger partial charge is 0.248 e. The van der Waals surface area contributed by atoms with Gasteiger partial charge in [0.15, 0.2) is 0 Å². The number of alkyl halides is 2. The summed E-state index contributed by atoms with van der Waals surface area (Å²) in [4.78, 5) is 17.6. The van der Waals surface area contributed by atoms with Gasteiger partial charge in [-0.25, -0.2) is 8.78 Å². The van der Waals surface area contributed by atoms with Gasteiger partial charge < -0.3 is 10.6 Å². The van der Waals surface area contributed by atoms with Crippen LogP contribution >= 0.6 is 0 Å². The molecule has 1 heterocycles. The Morgan fingerprint density at radius 1 is 1.47 bits per heavy atom. The molecule has 1 aliphatic carbocycles. The van der Waals surface area contributed by atoms with Gasteiger partial charge in [0.05, 0.1) is 17.6 Å². The van der Waals surface area contributed by atoms with Crippen molar-refractivity contribution in [1.29, 1.82) is 0 Å². The van der Waals surface area contributed by atoms with E-state index in [0.29, 0.717) is 11.4 Å². The maximum absolute atomic E-state index is 13.1. The van der Waals surface area contributed by atoms with Gasteiger partial charge in [0.1, 0.15) is 0 Å². The van der Waals surface area contributed by atoms with Crippen molar-refractivity contribution in [2.75, 3.05) is 17.7 Å². The van der Waals surface area contributed by atoms with Crippen LogP contribution in [-0.2, 0) is 4.79 Å². The zero-order chi connectivity index (χ0) is 14.0. The van der Waals surface area contributed by atoms with Crippen LogP contribution in [0.4, 0.5) is 20.2 Å². The number of nitrogens with zero attached hydrogens (tertiary/aromatic N) is 2. The number of anilines is 2. The van der Waals surface area contributed by atoms with Crippen molar-refractivity contribution in [3.8, 4) is 0 Å². The van der Waals surface area contributed by atoms with Gasteiger partial charge in [-0.05, 0) is 18.9 Å². The van der Waals surface area contributed by atoms with Crippen LogP contribution in [0.1, 0.15) is 25.7 Å². The first-order chi connectivity index (χ1) is 8.91. The summed E-state index contributed by atoms with van der Waals surface area (Å²) in [6.07, 6.45) is 3.02. The molecule has 0 unspecified atom stereocenters. The molecule has 6 heteroatoms. The van der Waals surface area contributed by atoms with Crippen molar-refractivity contribution in [3.05, 3.63) is 18.5 Å². The van der Waals surface area contributed by atoms with Crippen LogP contribution in [0.2, 0.25) is 0 Å². The van der Waals surface area contributed by atoms with Crippen LogP contribution in [0, 0.1) is 5.92 Å². The Balaban J connectivity index is 2.06. The number of carbonyl (C=O) groups is 1. The van der Waals surface area contributed by atoms with E-state index in [4.69, 9.17) is 5.73 Å². The molecule has 1 aromatic rings. The predicted molar refractivity (Wildman–Crippen MR) is 69.0 cm³/mol. The number of hydrogen-bond donors (Lipinski definition) is 1. The Morgan fingerprint density at radius 3 is 2.68 bits per heavy atom. The second-order valence-electron chi connectivity index (χ2n) is 4.96. The molecule has 0 atom stereocenters. The van der Waals surface area contributed by atoms with Gasteiger partial charge in [-0.2, -0.15) is 0 Å². The summed E-state index contributed by atoms with van der Waals surface area (Å²) in [5.74, 6) is -3.13. The second kappa shape index (κ2) is 5.11. The van der Waals surface area contributed by atoms with E-state index in [1.165, 1.54) is 11.1 Å². The molecule has 1 saturated carbocycles. The van der Waals surface area contributed by atoms with Gasteiger partial charge in [0.2, 0.25) is 11.8 Å². The Morgan fingerprint density at radius 2 is 2.11 bits per heavy atom. The van der Waals surface area contributed by atoms with E-state index >= 15 is 0 Å². The molecule has 1 amide bonds. The van der Waals surface area contributed by atoms with Crippen LogP contribution in [0.15, 0.2) is 18.5 Å². The predicted octanol–water partition coefficient (Wildman–Crippen LogP) is 2.45. The molecular weight excluding hydrogens is 252 g/mol. The first kappa shape index (κ1) is 13.7. The fourth-order valence-corrected chi connectivity index (χ4v) is 2.38. The molecule has 0 radical (unpaired) electrons. The SMILES string of the molecule is CN(C(=O)C1CCC(F)(F)CC1)c1ccncc1N. The van der Waals surface area contributed by atoms with E-state index < -0.39 is 5.92 Å². The largest absolute Gasteiger partial charge is 0.396 e. The molecule has 2 N–H and O–H groups in total.